The molecule has 2 aromatic carbocycles. The predicted octanol–water partition coefficient (Wildman–Crippen LogP) is 3.98. The minimum Gasteiger partial charge on any atom is -0.398 e. The van der Waals surface area contributed by atoms with Gasteiger partial charge in [0, 0.05) is 23.2 Å². The number of halogens is 1. The predicted molar refractivity (Wildman–Crippen MR) is 87.4 cm³/mol. The molecule has 0 bridgehead atoms. The summed E-state index contributed by atoms with van der Waals surface area (Å²) in [6.45, 7) is 3.07. The molecule has 0 amide bonds. The van der Waals surface area contributed by atoms with Crippen molar-refractivity contribution in [1.82, 2.24) is 4.90 Å². The Balaban J connectivity index is 1.78. The van der Waals surface area contributed by atoms with Gasteiger partial charge in [0.2, 0.25) is 0 Å². The lowest BCUT2D eigenvalue weighted by molar-refractivity contribution is 0.261. The number of hydrogen-bond donors (Lipinski definition) is 1. The molecule has 0 saturated heterocycles. The fourth-order valence-corrected chi connectivity index (χ4v) is 3.23. The van der Waals surface area contributed by atoms with Gasteiger partial charge < -0.3 is 5.73 Å². The Morgan fingerprint density at radius 2 is 1.90 bits per heavy atom. The number of nitrogens with two attached hydrogens (primary N) is 1. The van der Waals surface area contributed by atoms with Gasteiger partial charge in [-0.3, -0.25) is 4.90 Å². The third kappa shape index (κ3) is 3.05. The third-order valence-electron chi connectivity index (χ3n) is 3.93. The van der Waals surface area contributed by atoms with Crippen LogP contribution in [0.5, 0.6) is 0 Å². The number of nitrogens with zero attached hydrogens (tertiary/aromatic N) is 1. The zero-order chi connectivity index (χ0) is 13.9. The molecule has 1 aliphatic heterocycles. The van der Waals surface area contributed by atoms with Crippen molar-refractivity contribution in [1.29, 1.82) is 0 Å². The Hall–Kier alpha value is -1.32. The number of nitrogen functional groups attached to an aromatic ring is 1. The van der Waals surface area contributed by atoms with E-state index in [2.05, 4.69) is 57.2 Å². The molecule has 1 aliphatic rings. The van der Waals surface area contributed by atoms with Crippen LogP contribution in [0.2, 0.25) is 0 Å². The summed E-state index contributed by atoms with van der Waals surface area (Å²) >= 11 is 3.46. The minimum absolute atomic E-state index is 0.872. The lowest BCUT2D eigenvalue weighted by Gasteiger charge is -2.21. The van der Waals surface area contributed by atoms with Crippen LogP contribution in [0, 0.1) is 0 Å². The van der Waals surface area contributed by atoms with Crippen LogP contribution in [0.25, 0.3) is 0 Å². The Kier molecular flexibility index (Phi) is 4.08. The Labute approximate surface area is 128 Å². The van der Waals surface area contributed by atoms with Gasteiger partial charge >= 0.3 is 0 Å². The van der Waals surface area contributed by atoms with Crippen LogP contribution in [-0.4, -0.2) is 11.4 Å². The lowest BCUT2D eigenvalue weighted by Crippen LogP contribution is -2.23. The number of benzene rings is 2. The molecular formula is C17H19BrN2. The zero-order valence-corrected chi connectivity index (χ0v) is 13.1. The summed E-state index contributed by atoms with van der Waals surface area (Å²) in [7, 11) is 0. The van der Waals surface area contributed by atoms with Crippen LogP contribution in [0.15, 0.2) is 46.9 Å². The molecule has 2 aromatic rings. The van der Waals surface area contributed by atoms with Gasteiger partial charge in [0.1, 0.15) is 0 Å². The second-order valence-corrected chi connectivity index (χ2v) is 6.34. The highest BCUT2D eigenvalue weighted by molar-refractivity contribution is 9.10. The molecule has 0 aliphatic carbocycles. The van der Waals surface area contributed by atoms with Gasteiger partial charge in [-0.15, -0.1) is 0 Å². The summed E-state index contributed by atoms with van der Waals surface area (Å²) in [5.74, 6) is 0. The average Bonchev–Trinajstić information content (AvgIpc) is 2.63. The maximum absolute atomic E-state index is 6.12. The van der Waals surface area contributed by atoms with Crippen LogP contribution < -0.4 is 5.73 Å². The minimum atomic E-state index is 0.872. The van der Waals surface area contributed by atoms with Crippen LogP contribution in [0.3, 0.4) is 0 Å². The lowest BCUT2D eigenvalue weighted by atomic mass is 10.0. The Morgan fingerprint density at radius 1 is 1.10 bits per heavy atom. The van der Waals surface area contributed by atoms with Crippen molar-refractivity contribution in [3.8, 4) is 0 Å². The van der Waals surface area contributed by atoms with Gasteiger partial charge in [-0.1, -0.05) is 46.3 Å². The largest absolute Gasteiger partial charge is 0.398 e. The highest BCUT2D eigenvalue weighted by Crippen LogP contribution is 2.23. The van der Waals surface area contributed by atoms with Crippen molar-refractivity contribution in [2.24, 2.45) is 0 Å². The van der Waals surface area contributed by atoms with E-state index in [1.165, 1.54) is 29.5 Å². The van der Waals surface area contributed by atoms with E-state index in [0.717, 1.165) is 29.8 Å². The monoisotopic (exact) mass is 330 g/mol. The molecule has 0 radical (unpaired) electrons. The summed E-state index contributed by atoms with van der Waals surface area (Å²) in [5.41, 5.74) is 11.2. The highest BCUT2D eigenvalue weighted by Gasteiger charge is 2.15. The second kappa shape index (κ2) is 5.98. The van der Waals surface area contributed by atoms with Gasteiger partial charge in [0.15, 0.2) is 0 Å². The van der Waals surface area contributed by atoms with Crippen LogP contribution in [0.1, 0.15) is 23.1 Å². The SMILES string of the molecule is Nc1cc(Br)ccc1CN1CCCc2ccccc2C1. The molecule has 0 saturated carbocycles. The van der Waals surface area contributed by atoms with E-state index in [1.54, 1.807) is 0 Å². The maximum atomic E-state index is 6.12. The topological polar surface area (TPSA) is 29.3 Å². The van der Waals surface area contributed by atoms with Crippen LogP contribution >= 0.6 is 15.9 Å². The van der Waals surface area contributed by atoms with E-state index in [4.69, 9.17) is 5.73 Å². The van der Waals surface area contributed by atoms with Gasteiger partial charge in [0.05, 0.1) is 0 Å². The molecule has 2 nitrogen and oxygen atoms in total. The van der Waals surface area contributed by atoms with E-state index in [-0.39, 0.29) is 0 Å². The molecular weight excluding hydrogens is 312 g/mol. The van der Waals surface area contributed by atoms with E-state index >= 15 is 0 Å². The molecule has 0 spiro atoms. The first-order valence-corrected chi connectivity index (χ1v) is 7.85. The standard InChI is InChI=1S/C17H19BrN2/c18-16-8-7-15(17(19)10-16)12-20-9-3-6-13-4-1-2-5-14(13)11-20/h1-2,4-5,7-8,10H,3,6,9,11-12,19H2. The summed E-state index contributed by atoms with van der Waals surface area (Å²) in [6.07, 6.45) is 2.40. The first-order chi connectivity index (χ1) is 9.72. The van der Waals surface area contributed by atoms with Crippen molar-refractivity contribution >= 4 is 21.6 Å². The van der Waals surface area contributed by atoms with Crippen molar-refractivity contribution in [2.75, 3.05) is 12.3 Å². The number of fused-ring (bicyclic) bond motifs is 1. The molecule has 1 heterocycles. The first-order valence-electron chi connectivity index (χ1n) is 7.05. The number of hydrogen-bond acceptors (Lipinski definition) is 2. The van der Waals surface area contributed by atoms with E-state index in [1.807, 2.05) is 6.07 Å². The molecule has 2 N–H and O–H groups in total. The van der Waals surface area contributed by atoms with Crippen molar-refractivity contribution < 1.29 is 0 Å². The van der Waals surface area contributed by atoms with Gasteiger partial charge in [-0.2, -0.15) is 0 Å². The fraction of sp³-hybridized carbons (Fsp3) is 0.294. The summed E-state index contributed by atoms with van der Waals surface area (Å²) in [4.78, 5) is 2.49. The zero-order valence-electron chi connectivity index (χ0n) is 11.5. The second-order valence-electron chi connectivity index (χ2n) is 5.43. The van der Waals surface area contributed by atoms with E-state index in [0.29, 0.717) is 0 Å². The fourth-order valence-electron chi connectivity index (χ4n) is 2.85. The highest BCUT2D eigenvalue weighted by atomic mass is 79.9. The normalized spacial score (nSPS) is 15.7. The Morgan fingerprint density at radius 3 is 2.70 bits per heavy atom. The molecule has 20 heavy (non-hydrogen) atoms. The molecule has 0 atom stereocenters. The van der Waals surface area contributed by atoms with Gasteiger partial charge in [-0.05, 0) is 48.2 Å². The van der Waals surface area contributed by atoms with Crippen molar-refractivity contribution in [2.45, 2.75) is 25.9 Å². The van der Waals surface area contributed by atoms with Crippen molar-refractivity contribution in [3.63, 3.8) is 0 Å². The number of aryl methyl sites for hydroxylation is 1. The van der Waals surface area contributed by atoms with Gasteiger partial charge in [0.25, 0.3) is 0 Å². The Bertz CT molecular complexity index is 610. The maximum Gasteiger partial charge on any atom is 0.0371 e. The molecule has 0 unspecified atom stereocenters. The molecule has 3 heteroatoms. The van der Waals surface area contributed by atoms with Crippen LogP contribution in [-0.2, 0) is 19.5 Å². The molecule has 0 fully saturated rings. The average molecular weight is 331 g/mol. The molecule has 0 aromatic heterocycles. The van der Waals surface area contributed by atoms with Gasteiger partial charge in [-0.25, -0.2) is 0 Å². The van der Waals surface area contributed by atoms with E-state index < -0.39 is 0 Å². The summed E-state index contributed by atoms with van der Waals surface area (Å²) < 4.78 is 1.04. The smallest absolute Gasteiger partial charge is 0.0371 e. The summed E-state index contributed by atoms with van der Waals surface area (Å²) in [5, 5.41) is 0. The van der Waals surface area contributed by atoms with Crippen molar-refractivity contribution in [3.05, 3.63) is 63.6 Å². The summed E-state index contributed by atoms with van der Waals surface area (Å²) in [6, 6.07) is 15.0. The number of anilines is 1. The quantitative estimate of drug-likeness (QED) is 0.844. The van der Waals surface area contributed by atoms with Crippen LogP contribution in [0.4, 0.5) is 5.69 Å². The van der Waals surface area contributed by atoms with E-state index in [9.17, 15) is 0 Å². The first kappa shape index (κ1) is 13.7. The molecule has 3 rings (SSSR count). The molecule has 104 valence electrons. The third-order valence-corrected chi connectivity index (χ3v) is 4.43. The number of rotatable bonds is 2.